The fourth-order valence-corrected chi connectivity index (χ4v) is 9.66. The van der Waals surface area contributed by atoms with Crippen LogP contribution in [0.4, 0.5) is 0 Å². The summed E-state index contributed by atoms with van der Waals surface area (Å²) < 4.78 is 0. The lowest BCUT2D eigenvalue weighted by atomic mass is 9.41. The van der Waals surface area contributed by atoms with Crippen molar-refractivity contribution in [2.24, 2.45) is 52.3 Å². The van der Waals surface area contributed by atoms with E-state index in [2.05, 4.69) is 34.6 Å². The number of aliphatic hydroxyl groups excluding tert-OH is 2. The van der Waals surface area contributed by atoms with Crippen LogP contribution in [0.5, 0.6) is 0 Å². The molecule has 4 saturated carbocycles. The molecular formula is C27H48O2. The molecule has 0 aromatic rings. The normalized spacial score (nSPS) is 53.1. The van der Waals surface area contributed by atoms with Crippen molar-refractivity contribution in [3.05, 3.63) is 0 Å². The fraction of sp³-hybridized carbons (Fsp3) is 1.00. The average molecular weight is 405 g/mol. The predicted octanol–water partition coefficient (Wildman–Crippen LogP) is 6.44. The molecule has 4 fully saturated rings. The largest absolute Gasteiger partial charge is 0.393 e. The fourth-order valence-electron chi connectivity index (χ4n) is 9.66. The molecule has 0 amide bonds. The summed E-state index contributed by atoms with van der Waals surface area (Å²) in [4.78, 5) is 0. The lowest BCUT2D eigenvalue weighted by molar-refractivity contribution is -0.203. The smallest absolute Gasteiger partial charge is 0.0605 e. The maximum Gasteiger partial charge on any atom is 0.0605 e. The van der Waals surface area contributed by atoms with Gasteiger partial charge in [-0.2, -0.15) is 0 Å². The van der Waals surface area contributed by atoms with Gasteiger partial charge in [-0.25, -0.2) is 0 Å². The summed E-state index contributed by atoms with van der Waals surface area (Å²) in [6.07, 6.45) is 13.3. The Kier molecular flexibility index (Phi) is 6.19. The molecule has 2 unspecified atom stereocenters. The van der Waals surface area contributed by atoms with Crippen LogP contribution in [0.1, 0.15) is 105 Å². The standard InChI is InChI=1S/C27H48O2/c1-6-8-9-17(3)20-10-11-21-24-22(13-15-26(20,21)4)27(5)14-12-18(28)16-23(27)19(7-2)25(24)29/h17-25,28-29H,6-16H2,1-5H3/t17-,18-,19-,20-,21?,22?,23+,24+,25-,26-,27-/m1/s1. The Labute approximate surface area is 180 Å². The maximum absolute atomic E-state index is 11.7. The Hall–Kier alpha value is -0.0800. The third-order valence-corrected chi connectivity index (χ3v) is 11.2. The van der Waals surface area contributed by atoms with E-state index < -0.39 is 0 Å². The van der Waals surface area contributed by atoms with Crippen molar-refractivity contribution in [1.29, 1.82) is 0 Å². The highest BCUT2D eigenvalue weighted by molar-refractivity contribution is 5.13. The van der Waals surface area contributed by atoms with Gasteiger partial charge in [0.2, 0.25) is 0 Å². The number of rotatable bonds is 5. The van der Waals surface area contributed by atoms with E-state index in [0.29, 0.717) is 40.4 Å². The molecule has 29 heavy (non-hydrogen) atoms. The van der Waals surface area contributed by atoms with Crippen LogP contribution < -0.4 is 0 Å². The third-order valence-electron chi connectivity index (χ3n) is 11.2. The molecule has 168 valence electrons. The van der Waals surface area contributed by atoms with Gasteiger partial charge in [0.05, 0.1) is 12.2 Å². The van der Waals surface area contributed by atoms with Crippen molar-refractivity contribution in [2.75, 3.05) is 0 Å². The van der Waals surface area contributed by atoms with Gasteiger partial charge in [0.25, 0.3) is 0 Å². The third kappa shape index (κ3) is 3.34. The van der Waals surface area contributed by atoms with Gasteiger partial charge in [-0.3, -0.25) is 0 Å². The topological polar surface area (TPSA) is 40.5 Å². The van der Waals surface area contributed by atoms with Crippen LogP contribution in [0.3, 0.4) is 0 Å². The number of unbranched alkanes of at least 4 members (excludes halogenated alkanes) is 1. The molecule has 0 aromatic carbocycles. The minimum Gasteiger partial charge on any atom is -0.393 e. The summed E-state index contributed by atoms with van der Waals surface area (Å²) in [6.45, 7) is 12.3. The van der Waals surface area contributed by atoms with Gasteiger partial charge in [0, 0.05) is 0 Å². The Morgan fingerprint density at radius 2 is 1.59 bits per heavy atom. The van der Waals surface area contributed by atoms with Crippen molar-refractivity contribution in [1.82, 2.24) is 0 Å². The van der Waals surface area contributed by atoms with Crippen molar-refractivity contribution in [3.8, 4) is 0 Å². The molecule has 4 rings (SSSR count). The van der Waals surface area contributed by atoms with Crippen molar-refractivity contribution >= 4 is 0 Å². The first-order valence-corrected chi connectivity index (χ1v) is 13.1. The summed E-state index contributed by atoms with van der Waals surface area (Å²) >= 11 is 0. The summed E-state index contributed by atoms with van der Waals surface area (Å²) in [5.74, 6) is 4.46. The molecular weight excluding hydrogens is 356 g/mol. The summed E-state index contributed by atoms with van der Waals surface area (Å²) in [7, 11) is 0. The summed E-state index contributed by atoms with van der Waals surface area (Å²) in [5.41, 5.74) is 0.766. The van der Waals surface area contributed by atoms with Crippen molar-refractivity contribution in [2.45, 2.75) is 117 Å². The Morgan fingerprint density at radius 3 is 2.28 bits per heavy atom. The van der Waals surface area contributed by atoms with E-state index >= 15 is 0 Å². The second-order valence-electron chi connectivity index (χ2n) is 12.2. The molecule has 4 aliphatic rings. The van der Waals surface area contributed by atoms with Crippen molar-refractivity contribution < 1.29 is 10.2 Å². The van der Waals surface area contributed by atoms with Crippen LogP contribution >= 0.6 is 0 Å². The van der Waals surface area contributed by atoms with E-state index in [9.17, 15) is 10.2 Å². The molecule has 0 bridgehead atoms. The lowest BCUT2D eigenvalue weighted by Gasteiger charge is -2.64. The minimum atomic E-state index is -0.150. The van der Waals surface area contributed by atoms with Gasteiger partial charge < -0.3 is 10.2 Å². The minimum absolute atomic E-state index is 0.144. The zero-order chi connectivity index (χ0) is 21.0. The first kappa shape index (κ1) is 22.1. The molecule has 4 aliphatic carbocycles. The second kappa shape index (κ2) is 8.12. The summed E-state index contributed by atoms with van der Waals surface area (Å²) in [6, 6.07) is 0. The van der Waals surface area contributed by atoms with Gasteiger partial charge in [0.1, 0.15) is 0 Å². The van der Waals surface area contributed by atoms with E-state index in [4.69, 9.17) is 0 Å². The van der Waals surface area contributed by atoms with E-state index in [1.807, 2.05) is 0 Å². The van der Waals surface area contributed by atoms with Gasteiger partial charge in [-0.05, 0) is 97.2 Å². The number of hydrogen-bond acceptors (Lipinski definition) is 2. The Balaban J connectivity index is 1.63. The first-order valence-electron chi connectivity index (χ1n) is 13.1. The molecule has 11 atom stereocenters. The number of fused-ring (bicyclic) bond motifs is 5. The zero-order valence-corrected chi connectivity index (χ0v) is 19.9. The first-order chi connectivity index (χ1) is 13.8. The molecule has 0 spiro atoms. The highest BCUT2D eigenvalue weighted by Crippen LogP contribution is 2.69. The Bertz CT molecular complexity index is 575. The van der Waals surface area contributed by atoms with Crippen LogP contribution in [0.25, 0.3) is 0 Å². The van der Waals surface area contributed by atoms with E-state index in [1.165, 1.54) is 51.4 Å². The molecule has 0 radical (unpaired) electrons. The van der Waals surface area contributed by atoms with Crippen LogP contribution in [0.15, 0.2) is 0 Å². The molecule has 0 aromatic heterocycles. The number of hydrogen-bond donors (Lipinski definition) is 2. The van der Waals surface area contributed by atoms with Crippen molar-refractivity contribution in [3.63, 3.8) is 0 Å². The molecule has 2 N–H and O–H groups in total. The van der Waals surface area contributed by atoms with Crippen LogP contribution in [0.2, 0.25) is 0 Å². The van der Waals surface area contributed by atoms with Gasteiger partial charge in [0.15, 0.2) is 0 Å². The molecule has 0 aliphatic heterocycles. The van der Waals surface area contributed by atoms with E-state index in [0.717, 1.165) is 31.1 Å². The predicted molar refractivity (Wildman–Crippen MR) is 120 cm³/mol. The van der Waals surface area contributed by atoms with Gasteiger partial charge >= 0.3 is 0 Å². The zero-order valence-electron chi connectivity index (χ0n) is 19.9. The highest BCUT2D eigenvalue weighted by atomic mass is 16.3. The average Bonchev–Trinajstić information content (AvgIpc) is 3.05. The molecule has 2 heteroatoms. The summed E-state index contributed by atoms with van der Waals surface area (Å²) in [5, 5.41) is 22.2. The van der Waals surface area contributed by atoms with E-state index in [-0.39, 0.29) is 12.2 Å². The van der Waals surface area contributed by atoms with Crippen LogP contribution in [-0.4, -0.2) is 22.4 Å². The Morgan fingerprint density at radius 1 is 0.897 bits per heavy atom. The SMILES string of the molecule is CCCC[C@@H](C)[C@H]1CCC2[C@H]3C(CC[C@@]21C)[C@@]1(C)CC[C@@H](O)C[C@H]1[C@@H](CC)[C@H]3O. The molecule has 0 heterocycles. The second-order valence-corrected chi connectivity index (χ2v) is 12.2. The maximum atomic E-state index is 11.7. The van der Waals surface area contributed by atoms with Crippen LogP contribution in [0, 0.1) is 52.3 Å². The van der Waals surface area contributed by atoms with Crippen LogP contribution in [-0.2, 0) is 0 Å². The monoisotopic (exact) mass is 404 g/mol. The molecule has 2 nitrogen and oxygen atoms in total. The van der Waals surface area contributed by atoms with E-state index in [1.54, 1.807) is 0 Å². The molecule has 0 saturated heterocycles. The van der Waals surface area contributed by atoms with Gasteiger partial charge in [-0.1, -0.05) is 60.3 Å². The van der Waals surface area contributed by atoms with Gasteiger partial charge in [-0.15, -0.1) is 0 Å². The quantitative estimate of drug-likeness (QED) is 0.553. The lowest BCUT2D eigenvalue weighted by Crippen LogP contribution is -2.62. The number of aliphatic hydroxyl groups is 2. The highest BCUT2D eigenvalue weighted by Gasteiger charge is 2.64.